The summed E-state index contributed by atoms with van der Waals surface area (Å²) in [7, 11) is 0. The van der Waals surface area contributed by atoms with Gasteiger partial charge in [0.15, 0.2) is 0 Å². The fraction of sp³-hybridized carbons (Fsp3) is 0.923. The summed E-state index contributed by atoms with van der Waals surface area (Å²) in [4.78, 5) is 11.0. The number of carbonyl (C=O) groups is 1. The molecule has 0 spiro atoms. The highest BCUT2D eigenvalue weighted by molar-refractivity contribution is 5.70. The van der Waals surface area contributed by atoms with Crippen molar-refractivity contribution in [1.82, 2.24) is 5.32 Å². The first-order valence-electron chi connectivity index (χ1n) is 6.66. The second kappa shape index (κ2) is 8.48. The normalized spacial score (nSPS) is 23.9. The lowest BCUT2D eigenvalue weighted by molar-refractivity contribution is -0.148. The van der Waals surface area contributed by atoms with E-state index in [2.05, 4.69) is 12.2 Å². The number of carbonyl (C=O) groups excluding carboxylic acids is 1. The van der Waals surface area contributed by atoms with Gasteiger partial charge in [-0.15, -0.1) is 0 Å². The quantitative estimate of drug-likeness (QED) is 0.519. The molecule has 0 aromatic rings. The largest absolute Gasteiger partial charge is 0.464 e. The highest BCUT2D eigenvalue weighted by atomic mass is 16.6. The van der Waals surface area contributed by atoms with Crippen molar-refractivity contribution in [2.45, 2.75) is 33.1 Å². The molecule has 1 aliphatic carbocycles. The van der Waals surface area contributed by atoms with Crippen molar-refractivity contribution in [2.75, 3.05) is 32.9 Å². The molecule has 0 heterocycles. The van der Waals surface area contributed by atoms with Crippen LogP contribution in [0.25, 0.3) is 0 Å². The summed E-state index contributed by atoms with van der Waals surface area (Å²) in [5.74, 6) is 1.44. The molecule has 1 aliphatic rings. The predicted molar refractivity (Wildman–Crippen MR) is 66.8 cm³/mol. The molecule has 0 radical (unpaired) electrons. The zero-order valence-corrected chi connectivity index (χ0v) is 11.0. The van der Waals surface area contributed by atoms with Crippen LogP contribution in [0.5, 0.6) is 0 Å². The first-order valence-corrected chi connectivity index (χ1v) is 6.66. The van der Waals surface area contributed by atoms with Crippen LogP contribution in [0.4, 0.5) is 0 Å². The molecule has 0 aromatic heterocycles. The van der Waals surface area contributed by atoms with E-state index >= 15 is 0 Å². The Balaban J connectivity index is 1.86. The Morgan fingerprint density at radius 3 is 2.88 bits per heavy atom. The summed E-state index contributed by atoms with van der Waals surface area (Å²) in [6, 6.07) is 0. The van der Waals surface area contributed by atoms with Gasteiger partial charge >= 0.3 is 5.97 Å². The number of hydrogen-bond acceptors (Lipinski definition) is 4. The van der Waals surface area contributed by atoms with Gasteiger partial charge in [0.05, 0.1) is 13.2 Å². The van der Waals surface area contributed by atoms with Crippen molar-refractivity contribution in [3.63, 3.8) is 0 Å². The molecule has 4 heteroatoms. The molecule has 1 N–H and O–H groups in total. The lowest BCUT2D eigenvalue weighted by Crippen LogP contribution is -2.26. The number of hydrogen-bond donors (Lipinski definition) is 1. The first kappa shape index (κ1) is 14.5. The van der Waals surface area contributed by atoms with Gasteiger partial charge in [-0.1, -0.05) is 13.3 Å². The van der Waals surface area contributed by atoms with Gasteiger partial charge in [0.1, 0.15) is 6.61 Å². The van der Waals surface area contributed by atoms with Crippen LogP contribution in [-0.4, -0.2) is 38.9 Å². The van der Waals surface area contributed by atoms with E-state index in [1.807, 2.05) is 0 Å². The van der Waals surface area contributed by atoms with Crippen LogP contribution in [0.3, 0.4) is 0 Å². The SMILES string of the molecule is CCOC(=O)COCCNCC1CCC(C)C1. The number of rotatable bonds is 8. The number of nitrogens with one attached hydrogen (secondary N) is 1. The summed E-state index contributed by atoms with van der Waals surface area (Å²) < 4.78 is 9.95. The molecule has 2 unspecified atom stereocenters. The van der Waals surface area contributed by atoms with Crippen LogP contribution in [0.15, 0.2) is 0 Å². The highest BCUT2D eigenvalue weighted by Gasteiger charge is 2.20. The van der Waals surface area contributed by atoms with Crippen molar-refractivity contribution in [3.8, 4) is 0 Å². The van der Waals surface area contributed by atoms with Crippen LogP contribution < -0.4 is 5.32 Å². The Labute approximate surface area is 104 Å². The maximum Gasteiger partial charge on any atom is 0.332 e. The van der Waals surface area contributed by atoms with Gasteiger partial charge in [0, 0.05) is 6.54 Å². The molecule has 0 bridgehead atoms. The van der Waals surface area contributed by atoms with Gasteiger partial charge in [-0.3, -0.25) is 0 Å². The molecule has 0 amide bonds. The van der Waals surface area contributed by atoms with Crippen LogP contribution in [0, 0.1) is 11.8 Å². The van der Waals surface area contributed by atoms with Gasteiger partial charge in [-0.25, -0.2) is 4.79 Å². The van der Waals surface area contributed by atoms with E-state index in [1.165, 1.54) is 19.3 Å². The third kappa shape index (κ3) is 6.64. The van der Waals surface area contributed by atoms with E-state index in [9.17, 15) is 4.79 Å². The molecule has 1 rings (SSSR count). The highest BCUT2D eigenvalue weighted by Crippen LogP contribution is 2.29. The zero-order chi connectivity index (χ0) is 12.5. The summed E-state index contributed by atoms with van der Waals surface area (Å²) >= 11 is 0. The van der Waals surface area contributed by atoms with E-state index in [0.717, 1.165) is 24.9 Å². The number of ether oxygens (including phenoxy) is 2. The average molecular weight is 243 g/mol. The Morgan fingerprint density at radius 2 is 2.24 bits per heavy atom. The van der Waals surface area contributed by atoms with Crippen molar-refractivity contribution in [3.05, 3.63) is 0 Å². The summed E-state index contributed by atoms with van der Waals surface area (Å²) in [5.41, 5.74) is 0. The van der Waals surface area contributed by atoms with Gasteiger partial charge in [-0.2, -0.15) is 0 Å². The molecule has 2 atom stereocenters. The lowest BCUT2D eigenvalue weighted by Gasteiger charge is -2.11. The minimum absolute atomic E-state index is 0.0655. The van der Waals surface area contributed by atoms with Crippen LogP contribution in [0.1, 0.15) is 33.1 Å². The monoisotopic (exact) mass is 243 g/mol. The van der Waals surface area contributed by atoms with Crippen LogP contribution in [-0.2, 0) is 14.3 Å². The standard InChI is InChI=1S/C13H25NO3/c1-3-17-13(15)10-16-7-6-14-9-12-5-4-11(2)8-12/h11-12,14H,3-10H2,1-2H3. The maximum atomic E-state index is 11.0. The first-order chi connectivity index (χ1) is 8.22. The average Bonchev–Trinajstić information content (AvgIpc) is 2.70. The second-order valence-corrected chi connectivity index (χ2v) is 4.85. The maximum absolute atomic E-state index is 11.0. The molecule has 17 heavy (non-hydrogen) atoms. The molecule has 100 valence electrons. The van der Waals surface area contributed by atoms with E-state index in [1.54, 1.807) is 6.92 Å². The van der Waals surface area contributed by atoms with E-state index in [4.69, 9.17) is 9.47 Å². The Morgan fingerprint density at radius 1 is 1.41 bits per heavy atom. The van der Waals surface area contributed by atoms with E-state index < -0.39 is 0 Å². The summed E-state index contributed by atoms with van der Waals surface area (Å²) in [6.45, 7) is 7.05. The number of esters is 1. The predicted octanol–water partition coefficient (Wildman–Crippen LogP) is 1.59. The molecular formula is C13H25NO3. The minimum Gasteiger partial charge on any atom is -0.464 e. The van der Waals surface area contributed by atoms with Crippen LogP contribution >= 0.6 is 0 Å². The molecule has 0 aromatic carbocycles. The molecule has 0 saturated heterocycles. The molecule has 4 nitrogen and oxygen atoms in total. The Bertz CT molecular complexity index is 221. The lowest BCUT2D eigenvalue weighted by atomic mass is 10.1. The Kier molecular flexibility index (Phi) is 7.21. The van der Waals surface area contributed by atoms with Crippen molar-refractivity contribution >= 4 is 5.97 Å². The van der Waals surface area contributed by atoms with Crippen molar-refractivity contribution in [2.24, 2.45) is 11.8 Å². The Hall–Kier alpha value is -0.610. The van der Waals surface area contributed by atoms with Gasteiger partial charge in [0.25, 0.3) is 0 Å². The van der Waals surface area contributed by atoms with E-state index in [0.29, 0.717) is 13.2 Å². The van der Waals surface area contributed by atoms with E-state index in [-0.39, 0.29) is 12.6 Å². The molecule has 1 saturated carbocycles. The van der Waals surface area contributed by atoms with Crippen LogP contribution in [0.2, 0.25) is 0 Å². The molecule has 1 fully saturated rings. The summed E-state index contributed by atoms with van der Waals surface area (Å²) in [6.07, 6.45) is 4.06. The van der Waals surface area contributed by atoms with Gasteiger partial charge in [0.2, 0.25) is 0 Å². The smallest absolute Gasteiger partial charge is 0.332 e. The zero-order valence-electron chi connectivity index (χ0n) is 11.0. The summed E-state index contributed by atoms with van der Waals surface area (Å²) in [5, 5.41) is 3.38. The topological polar surface area (TPSA) is 47.6 Å². The van der Waals surface area contributed by atoms with Crippen molar-refractivity contribution < 1.29 is 14.3 Å². The third-order valence-electron chi connectivity index (χ3n) is 3.18. The van der Waals surface area contributed by atoms with Gasteiger partial charge in [-0.05, 0) is 38.1 Å². The minimum atomic E-state index is -0.280. The fourth-order valence-corrected chi connectivity index (χ4v) is 2.32. The molecular weight excluding hydrogens is 218 g/mol. The fourth-order valence-electron chi connectivity index (χ4n) is 2.32. The second-order valence-electron chi connectivity index (χ2n) is 4.85. The molecule has 0 aliphatic heterocycles. The third-order valence-corrected chi connectivity index (χ3v) is 3.18. The van der Waals surface area contributed by atoms with Crippen molar-refractivity contribution in [1.29, 1.82) is 0 Å². The van der Waals surface area contributed by atoms with Gasteiger partial charge < -0.3 is 14.8 Å².